The van der Waals surface area contributed by atoms with E-state index in [1.54, 1.807) is 0 Å². The van der Waals surface area contributed by atoms with Crippen molar-refractivity contribution >= 4 is 15.7 Å². The Morgan fingerprint density at radius 3 is 2.13 bits per heavy atom. The minimum Gasteiger partial charge on any atom is -0.367 e. The van der Waals surface area contributed by atoms with Crippen molar-refractivity contribution in [2.75, 3.05) is 0 Å². The molecule has 1 aromatic carbocycles. The van der Waals surface area contributed by atoms with E-state index < -0.39 is 26.9 Å². The molecule has 0 spiro atoms. The van der Waals surface area contributed by atoms with Crippen LogP contribution in [0.4, 0.5) is 4.39 Å². The van der Waals surface area contributed by atoms with Crippen LogP contribution in [0.25, 0.3) is 0 Å². The smallest absolute Gasteiger partial charge is 0.250 e. The van der Waals surface area contributed by atoms with Gasteiger partial charge in [-0.3, -0.25) is 4.79 Å². The van der Waals surface area contributed by atoms with Gasteiger partial charge in [0.05, 0.1) is 4.90 Å². The predicted molar refractivity (Wildman–Crippen MR) is 50.8 cm³/mol. The fourth-order valence-corrected chi connectivity index (χ4v) is 2.04. The summed E-state index contributed by atoms with van der Waals surface area (Å²) in [6.07, 6.45) is 0. The van der Waals surface area contributed by atoms with Crippen LogP contribution in [0.1, 0.15) is 0 Å². The van der Waals surface area contributed by atoms with E-state index in [0.29, 0.717) is 0 Å². The highest BCUT2D eigenvalue weighted by atomic mass is 32.2. The van der Waals surface area contributed by atoms with E-state index in [-0.39, 0.29) is 4.90 Å². The number of hydrogen-bond acceptors (Lipinski definition) is 4. The number of rotatable bonds is 3. The predicted octanol–water partition coefficient (Wildman–Crippen LogP) is -0.630. The number of carbonyl (C=O) groups is 1. The number of benzene rings is 1. The molecule has 0 bridgehead atoms. The van der Waals surface area contributed by atoms with Gasteiger partial charge in [0.15, 0.2) is 5.37 Å². The van der Waals surface area contributed by atoms with Gasteiger partial charge in [-0.2, -0.15) is 0 Å². The summed E-state index contributed by atoms with van der Waals surface area (Å²) in [5.74, 6) is -1.74. The molecule has 1 amide bonds. The van der Waals surface area contributed by atoms with E-state index >= 15 is 0 Å². The monoisotopic (exact) mass is 232 g/mol. The summed E-state index contributed by atoms with van der Waals surface area (Å²) < 4.78 is 35.6. The van der Waals surface area contributed by atoms with Crippen LogP contribution in [0, 0.1) is 5.82 Å². The standard InChI is InChI=1S/C8H9FN2O3S/c9-5-1-3-6(4-2-5)15(13,14)8(11)7(10)12/h1-4,8H,11H2,(H2,10,12). The fraction of sp³-hybridized carbons (Fsp3) is 0.125. The van der Waals surface area contributed by atoms with Gasteiger partial charge >= 0.3 is 0 Å². The SMILES string of the molecule is NC(=O)C(N)S(=O)(=O)c1ccc(F)cc1. The third kappa shape index (κ3) is 2.31. The second-order valence-electron chi connectivity index (χ2n) is 2.82. The third-order valence-electron chi connectivity index (χ3n) is 1.76. The Hall–Kier alpha value is -1.47. The van der Waals surface area contributed by atoms with Crippen LogP contribution in [0.2, 0.25) is 0 Å². The lowest BCUT2D eigenvalue weighted by Gasteiger charge is -2.08. The molecule has 1 aromatic rings. The van der Waals surface area contributed by atoms with Crippen molar-refractivity contribution in [3.8, 4) is 0 Å². The third-order valence-corrected chi connectivity index (χ3v) is 3.59. The normalized spacial score (nSPS) is 13.5. The first kappa shape index (κ1) is 11.6. The van der Waals surface area contributed by atoms with Crippen LogP contribution in [-0.4, -0.2) is 19.7 Å². The molecule has 0 saturated carbocycles. The molecule has 7 heteroatoms. The molecule has 0 saturated heterocycles. The minimum atomic E-state index is -4.02. The molecule has 0 fully saturated rings. The summed E-state index contributed by atoms with van der Waals surface area (Å²) in [7, 11) is -4.02. The van der Waals surface area contributed by atoms with E-state index in [2.05, 4.69) is 0 Å². The molecule has 82 valence electrons. The van der Waals surface area contributed by atoms with Crippen molar-refractivity contribution in [1.82, 2.24) is 0 Å². The first-order valence-corrected chi connectivity index (χ1v) is 5.44. The van der Waals surface area contributed by atoms with Gasteiger partial charge in [0, 0.05) is 0 Å². The van der Waals surface area contributed by atoms with Crippen LogP contribution in [-0.2, 0) is 14.6 Å². The highest BCUT2D eigenvalue weighted by Gasteiger charge is 2.28. The zero-order valence-corrected chi connectivity index (χ0v) is 8.37. The summed E-state index contributed by atoms with van der Waals surface area (Å²) in [4.78, 5) is 10.4. The van der Waals surface area contributed by atoms with Gasteiger partial charge in [-0.05, 0) is 24.3 Å². The second kappa shape index (κ2) is 3.95. The highest BCUT2D eigenvalue weighted by molar-refractivity contribution is 7.92. The number of primary amides is 1. The molecule has 1 rings (SSSR count). The van der Waals surface area contributed by atoms with E-state index in [0.717, 1.165) is 24.3 Å². The number of hydrogen-bond donors (Lipinski definition) is 2. The Bertz CT molecular complexity index is 469. The number of sulfone groups is 1. The number of halogens is 1. The molecule has 0 radical (unpaired) electrons. The average molecular weight is 232 g/mol. The molecule has 0 aromatic heterocycles. The average Bonchev–Trinajstić information content (AvgIpc) is 2.17. The van der Waals surface area contributed by atoms with Gasteiger partial charge in [0.2, 0.25) is 15.7 Å². The largest absolute Gasteiger partial charge is 0.367 e. The molecule has 0 aliphatic heterocycles. The summed E-state index contributed by atoms with van der Waals surface area (Å²) in [5.41, 5.74) is 9.88. The lowest BCUT2D eigenvalue weighted by molar-refractivity contribution is -0.117. The Kier molecular flexibility index (Phi) is 3.06. The maximum Gasteiger partial charge on any atom is 0.250 e. The zero-order valence-electron chi connectivity index (χ0n) is 7.55. The molecule has 5 nitrogen and oxygen atoms in total. The van der Waals surface area contributed by atoms with Gasteiger partial charge in [-0.15, -0.1) is 0 Å². The van der Waals surface area contributed by atoms with Gasteiger partial charge in [-0.25, -0.2) is 12.8 Å². The van der Waals surface area contributed by atoms with Crippen molar-refractivity contribution in [1.29, 1.82) is 0 Å². The second-order valence-corrected chi connectivity index (χ2v) is 4.89. The highest BCUT2D eigenvalue weighted by Crippen LogP contribution is 2.13. The molecule has 1 atom stereocenters. The van der Waals surface area contributed by atoms with Crippen LogP contribution >= 0.6 is 0 Å². The Balaban J connectivity index is 3.17. The molecule has 1 unspecified atom stereocenters. The number of amides is 1. The molecular formula is C8H9FN2O3S. The quantitative estimate of drug-likeness (QED) is 0.677. The van der Waals surface area contributed by atoms with Crippen LogP contribution < -0.4 is 11.5 Å². The van der Waals surface area contributed by atoms with Crippen LogP contribution in [0.15, 0.2) is 29.2 Å². The summed E-state index contributed by atoms with van der Waals surface area (Å²) in [5, 5.41) is -1.82. The van der Waals surface area contributed by atoms with Crippen molar-refractivity contribution in [3.63, 3.8) is 0 Å². The first-order valence-electron chi connectivity index (χ1n) is 3.90. The molecule has 4 N–H and O–H groups in total. The Morgan fingerprint density at radius 1 is 1.27 bits per heavy atom. The van der Waals surface area contributed by atoms with Crippen molar-refractivity contribution in [3.05, 3.63) is 30.1 Å². The first-order chi connectivity index (χ1) is 6.85. The molecular weight excluding hydrogens is 223 g/mol. The van der Waals surface area contributed by atoms with Gasteiger partial charge in [0.25, 0.3) is 0 Å². The van der Waals surface area contributed by atoms with Crippen molar-refractivity contribution < 1.29 is 17.6 Å². The molecule has 0 aliphatic rings. The van der Waals surface area contributed by atoms with Gasteiger partial charge < -0.3 is 11.5 Å². The van der Waals surface area contributed by atoms with Crippen molar-refractivity contribution in [2.45, 2.75) is 10.3 Å². The lowest BCUT2D eigenvalue weighted by Crippen LogP contribution is -2.43. The van der Waals surface area contributed by atoms with Crippen LogP contribution in [0.3, 0.4) is 0 Å². The Morgan fingerprint density at radius 2 is 1.73 bits per heavy atom. The lowest BCUT2D eigenvalue weighted by atomic mass is 10.4. The van der Waals surface area contributed by atoms with Crippen LogP contribution in [0.5, 0.6) is 0 Å². The van der Waals surface area contributed by atoms with Gasteiger partial charge in [-0.1, -0.05) is 0 Å². The maximum absolute atomic E-state index is 12.5. The molecule has 15 heavy (non-hydrogen) atoms. The van der Waals surface area contributed by atoms with E-state index in [9.17, 15) is 17.6 Å². The summed E-state index contributed by atoms with van der Waals surface area (Å²) in [6, 6.07) is 3.96. The fourth-order valence-electron chi connectivity index (χ4n) is 0.924. The van der Waals surface area contributed by atoms with Gasteiger partial charge in [0.1, 0.15) is 5.82 Å². The summed E-state index contributed by atoms with van der Waals surface area (Å²) in [6.45, 7) is 0. The Labute approximate surface area is 85.8 Å². The zero-order chi connectivity index (χ0) is 11.6. The topological polar surface area (TPSA) is 103 Å². The molecule has 0 aliphatic carbocycles. The van der Waals surface area contributed by atoms with Crippen molar-refractivity contribution in [2.24, 2.45) is 11.5 Å². The van der Waals surface area contributed by atoms with E-state index in [4.69, 9.17) is 11.5 Å². The minimum absolute atomic E-state index is 0.241. The summed E-state index contributed by atoms with van der Waals surface area (Å²) >= 11 is 0. The van der Waals surface area contributed by atoms with E-state index in [1.807, 2.05) is 0 Å². The maximum atomic E-state index is 12.5. The molecule has 0 heterocycles. The number of nitrogens with two attached hydrogens (primary N) is 2. The van der Waals surface area contributed by atoms with E-state index in [1.165, 1.54) is 0 Å². The number of carbonyl (C=O) groups excluding carboxylic acids is 1.